The highest BCUT2D eigenvalue weighted by Crippen LogP contribution is 1.56. The second-order valence-electron chi connectivity index (χ2n) is 0.806. The van der Waals surface area contributed by atoms with Crippen LogP contribution in [0.2, 0.25) is 0 Å². The highest BCUT2D eigenvalue weighted by Gasteiger charge is 1.90. The molecule has 5 heteroatoms. The molecule has 0 atom stereocenters. The van der Waals surface area contributed by atoms with E-state index in [1.807, 2.05) is 0 Å². The van der Waals surface area contributed by atoms with Gasteiger partial charge >= 0.3 is 5.97 Å². The molecular weight excluding hydrogens is 102 g/mol. The topological polar surface area (TPSA) is 78.8 Å². The van der Waals surface area contributed by atoms with Crippen LogP contribution in [-0.2, 0) is 9.78 Å². The van der Waals surface area contributed by atoms with Crippen molar-refractivity contribution in [1.29, 1.82) is 0 Å². The number of carboxylic acids is 1. The van der Waals surface area contributed by atoms with Crippen LogP contribution in [0.4, 0.5) is 0 Å². The van der Waals surface area contributed by atoms with Gasteiger partial charge in [-0.25, -0.2) is 5.26 Å². The van der Waals surface area contributed by atoms with E-state index in [9.17, 15) is 4.79 Å². The Morgan fingerprint density at radius 3 is 2.57 bits per heavy atom. The molecule has 0 saturated heterocycles. The van der Waals surface area contributed by atoms with Crippen molar-refractivity contribution < 1.29 is 20.1 Å². The largest absolute Gasteiger partial charge is 0.480 e. The van der Waals surface area contributed by atoms with E-state index in [0.717, 1.165) is 0 Å². The molecule has 0 fully saturated rings. The number of carboxylic acid groups (broad SMARTS) is 1. The van der Waals surface area contributed by atoms with Crippen molar-refractivity contribution in [3.05, 3.63) is 0 Å². The molecule has 0 rings (SSSR count). The summed E-state index contributed by atoms with van der Waals surface area (Å²) < 4.78 is 0. The number of aliphatic carboxylic acids is 1. The smallest absolute Gasteiger partial charge is 0.319 e. The van der Waals surface area contributed by atoms with Gasteiger partial charge in [0.15, 0.2) is 0 Å². The molecular formula is C2H5NO4. The first-order valence-corrected chi connectivity index (χ1v) is 1.52. The minimum Gasteiger partial charge on any atom is -0.480 e. The normalized spacial score (nSPS) is 8.71. The number of rotatable bonds is 3. The van der Waals surface area contributed by atoms with Crippen LogP contribution in [0.3, 0.4) is 0 Å². The van der Waals surface area contributed by atoms with E-state index < -0.39 is 12.5 Å². The molecule has 0 amide bonds. The first-order chi connectivity index (χ1) is 3.27. The van der Waals surface area contributed by atoms with E-state index in [2.05, 4.69) is 4.99 Å². The van der Waals surface area contributed by atoms with Crippen molar-refractivity contribution in [1.82, 2.24) is 5.48 Å². The van der Waals surface area contributed by atoms with Gasteiger partial charge in [0.2, 0.25) is 0 Å². The van der Waals surface area contributed by atoms with Crippen LogP contribution in [0.25, 0.3) is 0 Å². The molecule has 0 bridgehead atoms. The molecule has 0 aliphatic carbocycles. The molecule has 0 aliphatic rings. The third kappa shape index (κ3) is 5.35. The maximum atomic E-state index is 9.50. The molecule has 0 aromatic carbocycles. The molecule has 3 N–H and O–H groups in total. The van der Waals surface area contributed by atoms with Crippen molar-refractivity contribution in [3.8, 4) is 0 Å². The SMILES string of the molecule is O=C(O)CNOO. The van der Waals surface area contributed by atoms with E-state index in [-0.39, 0.29) is 0 Å². The average Bonchev–Trinajstić information content (AvgIpc) is 1.61. The lowest BCUT2D eigenvalue weighted by molar-refractivity contribution is -0.290. The van der Waals surface area contributed by atoms with E-state index in [0.29, 0.717) is 0 Å². The Morgan fingerprint density at radius 2 is 2.43 bits per heavy atom. The van der Waals surface area contributed by atoms with Crippen molar-refractivity contribution in [2.24, 2.45) is 0 Å². The Bertz CT molecular complexity index is 62.7. The Hall–Kier alpha value is -0.650. The number of nitrogens with one attached hydrogen (secondary N) is 1. The fraction of sp³-hybridized carbons (Fsp3) is 0.500. The van der Waals surface area contributed by atoms with Crippen molar-refractivity contribution in [3.63, 3.8) is 0 Å². The molecule has 0 saturated carbocycles. The number of hydrogen-bond acceptors (Lipinski definition) is 4. The summed E-state index contributed by atoms with van der Waals surface area (Å²) >= 11 is 0. The fourth-order valence-corrected chi connectivity index (χ4v) is 0.0940. The lowest BCUT2D eigenvalue weighted by Crippen LogP contribution is -2.20. The summed E-state index contributed by atoms with van der Waals surface area (Å²) in [7, 11) is 0. The Labute approximate surface area is 39.4 Å². The highest BCUT2D eigenvalue weighted by atomic mass is 17.2. The van der Waals surface area contributed by atoms with Gasteiger partial charge in [-0.05, 0) is 0 Å². The van der Waals surface area contributed by atoms with Crippen LogP contribution in [0.15, 0.2) is 0 Å². The first-order valence-electron chi connectivity index (χ1n) is 1.52. The van der Waals surface area contributed by atoms with Crippen LogP contribution in [-0.4, -0.2) is 22.9 Å². The van der Waals surface area contributed by atoms with Crippen LogP contribution in [0, 0.1) is 0 Å². The lowest BCUT2D eigenvalue weighted by atomic mass is 10.7. The minimum atomic E-state index is -1.09. The van der Waals surface area contributed by atoms with Crippen LogP contribution >= 0.6 is 0 Å². The van der Waals surface area contributed by atoms with E-state index in [1.54, 1.807) is 5.48 Å². The first kappa shape index (κ1) is 6.35. The Balaban J connectivity index is 2.82. The zero-order valence-corrected chi connectivity index (χ0v) is 3.42. The minimum absolute atomic E-state index is 0.406. The molecule has 5 nitrogen and oxygen atoms in total. The van der Waals surface area contributed by atoms with Gasteiger partial charge in [-0.15, -0.1) is 4.99 Å². The monoisotopic (exact) mass is 107 g/mol. The van der Waals surface area contributed by atoms with Gasteiger partial charge in [-0.1, -0.05) is 0 Å². The van der Waals surface area contributed by atoms with Gasteiger partial charge < -0.3 is 5.11 Å². The Morgan fingerprint density at radius 1 is 1.86 bits per heavy atom. The van der Waals surface area contributed by atoms with Crippen LogP contribution in [0.5, 0.6) is 0 Å². The molecule has 0 spiro atoms. The number of hydroxylamine groups is 1. The van der Waals surface area contributed by atoms with E-state index in [4.69, 9.17) is 10.4 Å². The molecule has 42 valence electrons. The van der Waals surface area contributed by atoms with Gasteiger partial charge in [0.05, 0.1) is 0 Å². The van der Waals surface area contributed by atoms with Crippen molar-refractivity contribution in [2.45, 2.75) is 0 Å². The summed E-state index contributed by atoms with van der Waals surface area (Å²) in [6, 6.07) is 0. The highest BCUT2D eigenvalue weighted by molar-refractivity contribution is 5.68. The van der Waals surface area contributed by atoms with Gasteiger partial charge in [-0.2, -0.15) is 5.48 Å². The summed E-state index contributed by atoms with van der Waals surface area (Å²) in [6.07, 6.45) is 0. The van der Waals surface area contributed by atoms with Gasteiger partial charge in [0, 0.05) is 0 Å². The van der Waals surface area contributed by atoms with Crippen LogP contribution < -0.4 is 5.48 Å². The predicted molar refractivity (Wildman–Crippen MR) is 19.4 cm³/mol. The van der Waals surface area contributed by atoms with E-state index >= 15 is 0 Å². The molecule has 0 aromatic heterocycles. The maximum Gasteiger partial charge on any atom is 0.319 e. The molecule has 0 aliphatic heterocycles. The van der Waals surface area contributed by atoms with Crippen LogP contribution in [0.1, 0.15) is 0 Å². The number of hydrogen-bond donors (Lipinski definition) is 3. The van der Waals surface area contributed by atoms with Gasteiger partial charge in [-0.3, -0.25) is 4.79 Å². The Kier molecular flexibility index (Phi) is 3.21. The molecule has 0 radical (unpaired) electrons. The average molecular weight is 107 g/mol. The standard InChI is InChI=1S/C2H5NO4/c4-2(5)1-3-7-6/h3,6H,1H2,(H,4,5). The third-order valence-corrected chi connectivity index (χ3v) is 0.288. The maximum absolute atomic E-state index is 9.50. The zero-order chi connectivity index (χ0) is 5.70. The predicted octanol–water partition coefficient (Wildman–Crippen LogP) is -0.935. The third-order valence-electron chi connectivity index (χ3n) is 0.288. The van der Waals surface area contributed by atoms with Gasteiger partial charge in [0.25, 0.3) is 0 Å². The zero-order valence-electron chi connectivity index (χ0n) is 3.42. The summed E-state index contributed by atoms with van der Waals surface area (Å²) in [5, 5.41) is 15.2. The van der Waals surface area contributed by atoms with E-state index in [1.165, 1.54) is 0 Å². The summed E-state index contributed by atoms with van der Waals surface area (Å²) in [5.74, 6) is -1.09. The summed E-state index contributed by atoms with van der Waals surface area (Å²) in [4.78, 5) is 12.7. The molecule has 7 heavy (non-hydrogen) atoms. The second kappa shape index (κ2) is 3.54. The quantitative estimate of drug-likeness (QED) is 0.320. The van der Waals surface area contributed by atoms with Crippen molar-refractivity contribution >= 4 is 5.97 Å². The van der Waals surface area contributed by atoms with Crippen molar-refractivity contribution in [2.75, 3.05) is 6.54 Å². The summed E-state index contributed by atoms with van der Waals surface area (Å²) in [6.45, 7) is -0.406. The van der Waals surface area contributed by atoms with Gasteiger partial charge in [0.1, 0.15) is 6.54 Å². The molecule has 0 heterocycles. The molecule has 0 unspecified atom stereocenters. The second-order valence-corrected chi connectivity index (χ2v) is 0.806. The number of carbonyl (C=O) groups is 1. The fourth-order valence-electron chi connectivity index (χ4n) is 0.0940. The lowest BCUT2D eigenvalue weighted by Gasteiger charge is -1.89. The molecule has 0 aromatic rings. The summed E-state index contributed by atoms with van der Waals surface area (Å²) in [5.41, 5.74) is 1.70.